The zero-order valence-corrected chi connectivity index (χ0v) is 12.9. The van der Waals surface area contributed by atoms with Crippen molar-refractivity contribution < 1.29 is 9.53 Å². The van der Waals surface area contributed by atoms with E-state index in [1.807, 2.05) is 23.1 Å². The predicted molar refractivity (Wildman–Crippen MR) is 84.4 cm³/mol. The highest BCUT2D eigenvalue weighted by Gasteiger charge is 2.37. The maximum Gasteiger partial charge on any atom is 0.228 e. The van der Waals surface area contributed by atoms with E-state index in [1.165, 1.54) is 0 Å². The van der Waals surface area contributed by atoms with Crippen molar-refractivity contribution in [3.63, 3.8) is 0 Å². The van der Waals surface area contributed by atoms with Crippen molar-refractivity contribution in [2.24, 2.45) is 0 Å². The first-order valence-corrected chi connectivity index (χ1v) is 7.90. The van der Waals surface area contributed by atoms with Crippen molar-refractivity contribution in [1.82, 2.24) is 14.8 Å². The van der Waals surface area contributed by atoms with Crippen LogP contribution in [0.3, 0.4) is 0 Å². The molecule has 3 heterocycles. The third kappa shape index (κ3) is 3.54. The van der Waals surface area contributed by atoms with E-state index in [0.717, 1.165) is 38.3 Å². The van der Waals surface area contributed by atoms with Gasteiger partial charge in [-0.1, -0.05) is 12.1 Å². The van der Waals surface area contributed by atoms with Gasteiger partial charge in [-0.05, 0) is 18.6 Å². The molecule has 0 spiro atoms. The van der Waals surface area contributed by atoms with Crippen LogP contribution < -0.4 is 0 Å². The van der Waals surface area contributed by atoms with Crippen LogP contribution in [0.1, 0.15) is 12.1 Å². The Balaban J connectivity index is 1.53. The Labute approximate surface area is 131 Å². The molecule has 2 aliphatic heterocycles. The van der Waals surface area contributed by atoms with E-state index in [-0.39, 0.29) is 12.0 Å². The Bertz CT molecular complexity index is 520. The van der Waals surface area contributed by atoms with Crippen molar-refractivity contribution in [1.29, 1.82) is 0 Å². The summed E-state index contributed by atoms with van der Waals surface area (Å²) in [4.78, 5) is 21.1. The van der Waals surface area contributed by atoms with Crippen molar-refractivity contribution >= 4 is 5.91 Å². The molecule has 3 rings (SSSR count). The molecule has 5 nitrogen and oxygen atoms in total. The number of hydrogen-bond acceptors (Lipinski definition) is 4. The fraction of sp³-hybridized carbons (Fsp3) is 0.529. The van der Waals surface area contributed by atoms with Gasteiger partial charge in [0.25, 0.3) is 0 Å². The van der Waals surface area contributed by atoms with Crippen LogP contribution in [0.25, 0.3) is 0 Å². The first-order valence-electron chi connectivity index (χ1n) is 7.90. The van der Waals surface area contributed by atoms with Crippen molar-refractivity contribution in [3.8, 4) is 0 Å². The number of carbonyl (C=O) groups is 1. The smallest absolute Gasteiger partial charge is 0.228 e. The molecule has 2 saturated heterocycles. The zero-order valence-electron chi connectivity index (χ0n) is 12.9. The molecule has 0 N–H and O–H groups in total. The third-order valence-corrected chi connectivity index (χ3v) is 4.44. The van der Waals surface area contributed by atoms with Crippen molar-refractivity contribution in [3.05, 3.63) is 42.7 Å². The SMILES string of the molecule is C=CCO[C@@H]1C[C@@H]2CN(C(=O)Cc3ccccn3)CCN2C1. The van der Waals surface area contributed by atoms with E-state index >= 15 is 0 Å². The lowest BCUT2D eigenvalue weighted by molar-refractivity contribution is -0.133. The first kappa shape index (κ1) is 15.2. The topological polar surface area (TPSA) is 45.7 Å². The van der Waals surface area contributed by atoms with Gasteiger partial charge in [0.05, 0.1) is 19.1 Å². The minimum atomic E-state index is 0.175. The number of aromatic nitrogens is 1. The van der Waals surface area contributed by atoms with E-state index in [2.05, 4.69) is 16.5 Å². The molecular formula is C17H23N3O2. The normalized spacial score (nSPS) is 25.0. The number of amides is 1. The van der Waals surface area contributed by atoms with Crippen LogP contribution in [0.5, 0.6) is 0 Å². The number of rotatable bonds is 5. The average molecular weight is 301 g/mol. The predicted octanol–water partition coefficient (Wildman–Crippen LogP) is 1.11. The summed E-state index contributed by atoms with van der Waals surface area (Å²) < 4.78 is 5.76. The second-order valence-electron chi connectivity index (χ2n) is 5.97. The van der Waals surface area contributed by atoms with Crippen LogP contribution in [0, 0.1) is 0 Å². The fourth-order valence-electron chi connectivity index (χ4n) is 3.32. The molecule has 1 aromatic rings. The van der Waals surface area contributed by atoms with Gasteiger partial charge in [-0.15, -0.1) is 6.58 Å². The molecule has 1 amide bonds. The number of hydrogen-bond donors (Lipinski definition) is 0. The van der Waals surface area contributed by atoms with Crippen LogP contribution in [-0.4, -0.2) is 65.6 Å². The van der Waals surface area contributed by atoms with Gasteiger partial charge in [0.15, 0.2) is 0 Å². The van der Waals surface area contributed by atoms with Gasteiger partial charge in [0.2, 0.25) is 5.91 Å². The monoisotopic (exact) mass is 301 g/mol. The van der Waals surface area contributed by atoms with Gasteiger partial charge in [-0.2, -0.15) is 0 Å². The molecule has 0 radical (unpaired) electrons. The first-order chi connectivity index (χ1) is 10.8. The highest BCUT2D eigenvalue weighted by molar-refractivity contribution is 5.78. The highest BCUT2D eigenvalue weighted by Crippen LogP contribution is 2.24. The van der Waals surface area contributed by atoms with E-state index in [9.17, 15) is 4.79 Å². The number of pyridine rings is 1. The largest absolute Gasteiger partial charge is 0.373 e. The summed E-state index contributed by atoms with van der Waals surface area (Å²) in [6, 6.07) is 6.13. The highest BCUT2D eigenvalue weighted by atomic mass is 16.5. The van der Waals surface area contributed by atoms with E-state index in [1.54, 1.807) is 12.3 Å². The molecule has 5 heteroatoms. The van der Waals surface area contributed by atoms with E-state index < -0.39 is 0 Å². The zero-order chi connectivity index (χ0) is 15.4. The maximum absolute atomic E-state index is 12.4. The van der Waals surface area contributed by atoms with E-state index in [4.69, 9.17) is 4.74 Å². The third-order valence-electron chi connectivity index (χ3n) is 4.44. The van der Waals surface area contributed by atoms with Gasteiger partial charge in [-0.25, -0.2) is 0 Å². The molecule has 0 unspecified atom stereocenters. The minimum absolute atomic E-state index is 0.175. The van der Waals surface area contributed by atoms with Crippen LogP contribution in [0.4, 0.5) is 0 Å². The Hall–Kier alpha value is -1.72. The molecule has 118 valence electrons. The summed E-state index contributed by atoms with van der Waals surface area (Å²) in [5, 5.41) is 0. The molecule has 0 aromatic carbocycles. The van der Waals surface area contributed by atoms with Gasteiger partial charge in [-0.3, -0.25) is 14.7 Å². The average Bonchev–Trinajstić information content (AvgIpc) is 2.95. The number of carbonyl (C=O) groups excluding carboxylic acids is 1. The van der Waals surface area contributed by atoms with E-state index in [0.29, 0.717) is 19.1 Å². The summed E-state index contributed by atoms with van der Waals surface area (Å²) in [5.41, 5.74) is 0.841. The van der Waals surface area contributed by atoms with Gasteiger partial charge >= 0.3 is 0 Å². The molecule has 0 bridgehead atoms. The second-order valence-corrected chi connectivity index (χ2v) is 5.97. The Kier molecular flexibility index (Phi) is 4.85. The van der Waals surface area contributed by atoms with Crippen LogP contribution >= 0.6 is 0 Å². The summed E-state index contributed by atoms with van der Waals surface area (Å²) in [5.74, 6) is 0.175. The Morgan fingerprint density at radius 3 is 3.09 bits per heavy atom. The van der Waals surface area contributed by atoms with Gasteiger partial charge in [0.1, 0.15) is 0 Å². The molecule has 2 aliphatic rings. The lowest BCUT2D eigenvalue weighted by Gasteiger charge is -2.37. The minimum Gasteiger partial charge on any atom is -0.373 e. The number of piperazine rings is 1. The molecule has 0 aliphatic carbocycles. The molecular weight excluding hydrogens is 278 g/mol. The summed E-state index contributed by atoms with van der Waals surface area (Å²) in [6.07, 6.45) is 5.19. The standard InChI is InChI=1S/C17H23N3O2/c1-2-9-22-16-11-15-12-20(8-7-19(15)13-16)17(21)10-14-5-3-4-6-18-14/h2-6,15-16H,1,7-13H2/t15-,16-/m1/s1. The molecule has 2 fully saturated rings. The van der Waals surface area contributed by atoms with Crippen LogP contribution in [0.15, 0.2) is 37.1 Å². The maximum atomic E-state index is 12.4. The van der Waals surface area contributed by atoms with Gasteiger partial charge in [0, 0.05) is 44.1 Å². The lowest BCUT2D eigenvalue weighted by atomic mass is 10.1. The summed E-state index contributed by atoms with van der Waals surface area (Å²) in [7, 11) is 0. The van der Waals surface area contributed by atoms with Crippen molar-refractivity contribution in [2.45, 2.75) is 25.0 Å². The number of fused-ring (bicyclic) bond motifs is 1. The molecule has 2 atom stereocenters. The molecule has 22 heavy (non-hydrogen) atoms. The molecule has 0 saturated carbocycles. The fourth-order valence-corrected chi connectivity index (χ4v) is 3.32. The molecule has 1 aromatic heterocycles. The van der Waals surface area contributed by atoms with Crippen LogP contribution in [0.2, 0.25) is 0 Å². The number of ether oxygens (including phenoxy) is 1. The quantitative estimate of drug-likeness (QED) is 0.764. The summed E-state index contributed by atoms with van der Waals surface area (Å²) in [6.45, 7) is 7.81. The second kappa shape index (κ2) is 7.03. The van der Waals surface area contributed by atoms with Crippen LogP contribution in [-0.2, 0) is 16.0 Å². The summed E-state index contributed by atoms with van der Waals surface area (Å²) >= 11 is 0. The Morgan fingerprint density at radius 1 is 1.41 bits per heavy atom. The van der Waals surface area contributed by atoms with Crippen molar-refractivity contribution in [2.75, 3.05) is 32.8 Å². The lowest BCUT2D eigenvalue weighted by Crippen LogP contribution is -2.52. The Morgan fingerprint density at radius 2 is 2.32 bits per heavy atom. The number of nitrogens with zero attached hydrogens (tertiary/aromatic N) is 3. The van der Waals surface area contributed by atoms with Gasteiger partial charge < -0.3 is 9.64 Å².